The van der Waals surface area contributed by atoms with Crippen molar-refractivity contribution in [1.29, 1.82) is 0 Å². The number of aromatic nitrogens is 2. The molecule has 2 amide bonds. The highest BCUT2D eigenvalue weighted by atomic mass is 16.6. The average molecular weight is 609 g/mol. The summed E-state index contributed by atoms with van der Waals surface area (Å²) in [4.78, 5) is 31.5. The molecule has 0 atom stereocenters. The minimum atomic E-state index is -0.511. The maximum Gasteiger partial charge on any atom is 0.360 e. The van der Waals surface area contributed by atoms with Gasteiger partial charge in [-0.25, -0.2) is 4.79 Å². The smallest absolute Gasteiger partial charge is 0.360 e. The van der Waals surface area contributed by atoms with Crippen LogP contribution in [0.2, 0.25) is 0 Å². The van der Waals surface area contributed by atoms with Crippen molar-refractivity contribution in [3.8, 4) is 6.07 Å². The summed E-state index contributed by atoms with van der Waals surface area (Å²) in [6.45, 7) is 11.9. The second-order valence-corrected chi connectivity index (χ2v) is 11.1. The number of hydrogen-bond donors (Lipinski definition) is 3. The van der Waals surface area contributed by atoms with Crippen LogP contribution in [-0.2, 0) is 10.8 Å². The lowest BCUT2D eigenvalue weighted by molar-refractivity contribution is -0.385. The third-order valence-electron chi connectivity index (χ3n) is 5.34. The molecule has 0 aliphatic heterocycles. The van der Waals surface area contributed by atoms with Gasteiger partial charge in [0, 0.05) is 63.6 Å². The molecule has 16 heteroatoms. The first-order valence-corrected chi connectivity index (χ1v) is 12.8. The number of carbonyl (C=O) groups excluding carboxylic acids is 1. The summed E-state index contributed by atoms with van der Waals surface area (Å²) in [6, 6.07) is 16.2. The number of nitrogens with two attached hydrogens (primary N) is 1. The van der Waals surface area contributed by atoms with Crippen molar-refractivity contribution < 1.29 is 23.7 Å². The van der Waals surface area contributed by atoms with Gasteiger partial charge < -0.3 is 25.3 Å². The highest BCUT2D eigenvalue weighted by Crippen LogP contribution is 2.25. The van der Waals surface area contributed by atoms with Gasteiger partial charge in [-0.2, -0.15) is 0 Å². The Morgan fingerprint density at radius 2 is 1.30 bits per heavy atom. The Morgan fingerprint density at radius 3 is 1.73 bits per heavy atom. The fraction of sp³-hybridized carbons (Fsp3) is 0.286. The van der Waals surface area contributed by atoms with E-state index < -0.39 is 15.9 Å². The number of hydrogen-bond acceptors (Lipinski definition) is 11. The Labute approximate surface area is 251 Å². The number of carbonyl (C=O) groups is 1. The zero-order valence-corrected chi connectivity index (χ0v) is 24.9. The third-order valence-corrected chi connectivity index (χ3v) is 5.34. The molecule has 2 aromatic heterocycles. The molecule has 16 nitrogen and oxygen atoms in total. The predicted octanol–water partition coefficient (Wildman–Crippen LogP) is 6.85. The molecule has 2 aromatic carbocycles. The first-order valence-electron chi connectivity index (χ1n) is 12.8. The van der Waals surface area contributed by atoms with Gasteiger partial charge in [-0.15, -0.1) is 0 Å². The number of nitrogens with zero attached hydrogens (tertiary/aromatic N) is 5. The Kier molecular flexibility index (Phi) is 11.5. The molecule has 232 valence electrons. The normalized spacial score (nSPS) is 10.5. The number of amides is 2. The second-order valence-electron chi connectivity index (χ2n) is 11.1. The van der Waals surface area contributed by atoms with E-state index in [1.807, 2.05) is 41.5 Å². The molecule has 0 fully saturated rings. The SMILES string of the molecule is CC(C)(C)c1cc(C#[N+][O-])no1.CC(C)(C)c1cc(NC(=O)Nc2ccc([N+](=O)[O-])cc2)no1.Nc1ccc([N+](=O)[O-])cc1. The molecule has 0 bridgehead atoms. The number of benzene rings is 2. The van der Waals surface area contributed by atoms with Crippen LogP contribution in [-0.4, -0.2) is 26.2 Å². The van der Waals surface area contributed by atoms with E-state index in [0.29, 0.717) is 34.4 Å². The van der Waals surface area contributed by atoms with Gasteiger partial charge in [-0.3, -0.25) is 25.5 Å². The van der Waals surface area contributed by atoms with Crippen LogP contribution in [0.5, 0.6) is 0 Å². The summed E-state index contributed by atoms with van der Waals surface area (Å²) in [5, 5.41) is 45.3. The number of anilines is 3. The first kappa shape index (κ1) is 34.2. The van der Waals surface area contributed by atoms with Gasteiger partial charge in [0.1, 0.15) is 11.5 Å². The van der Waals surface area contributed by atoms with E-state index in [-0.39, 0.29) is 22.2 Å². The zero-order chi connectivity index (χ0) is 33.1. The molecule has 44 heavy (non-hydrogen) atoms. The summed E-state index contributed by atoms with van der Waals surface area (Å²) in [5.74, 6) is 1.66. The summed E-state index contributed by atoms with van der Waals surface area (Å²) >= 11 is 0. The molecular formula is C28H32N8O8. The molecule has 0 saturated heterocycles. The van der Waals surface area contributed by atoms with E-state index >= 15 is 0 Å². The summed E-state index contributed by atoms with van der Waals surface area (Å²) in [6.07, 6.45) is 0. The molecule has 4 rings (SSSR count). The Balaban J connectivity index is 0.000000257. The van der Waals surface area contributed by atoms with Crippen molar-refractivity contribution in [2.75, 3.05) is 16.4 Å². The van der Waals surface area contributed by atoms with Gasteiger partial charge >= 0.3 is 12.1 Å². The van der Waals surface area contributed by atoms with E-state index in [2.05, 4.69) is 32.0 Å². The van der Waals surface area contributed by atoms with Gasteiger partial charge in [-0.1, -0.05) is 51.9 Å². The minimum Gasteiger partial charge on any atom is -0.498 e. The molecule has 0 unspecified atom stereocenters. The number of rotatable bonds is 4. The number of nitro benzene ring substituents is 2. The maximum absolute atomic E-state index is 11.8. The van der Waals surface area contributed by atoms with E-state index in [0.717, 1.165) is 0 Å². The van der Waals surface area contributed by atoms with Crippen LogP contribution in [0, 0.1) is 31.5 Å². The number of nitro groups is 2. The Morgan fingerprint density at radius 1 is 0.818 bits per heavy atom. The molecule has 2 heterocycles. The molecule has 4 aromatic rings. The molecule has 0 radical (unpaired) electrons. The van der Waals surface area contributed by atoms with Crippen LogP contribution in [0.3, 0.4) is 0 Å². The van der Waals surface area contributed by atoms with Crippen LogP contribution in [0.1, 0.15) is 58.8 Å². The number of non-ortho nitro benzene ring substituents is 2. The highest BCUT2D eigenvalue weighted by Gasteiger charge is 2.21. The fourth-order valence-corrected chi connectivity index (χ4v) is 2.96. The summed E-state index contributed by atoms with van der Waals surface area (Å²) in [7, 11) is 0. The van der Waals surface area contributed by atoms with Crippen molar-refractivity contribution in [2.45, 2.75) is 52.4 Å². The lowest BCUT2D eigenvalue weighted by atomic mass is 9.93. The minimum absolute atomic E-state index is 0.0442. The molecular weight excluding hydrogens is 576 g/mol. The number of nitrogen functional groups attached to an aromatic ring is 1. The van der Waals surface area contributed by atoms with E-state index in [1.165, 1.54) is 48.5 Å². The van der Waals surface area contributed by atoms with Crippen LogP contribution in [0.25, 0.3) is 5.01 Å². The van der Waals surface area contributed by atoms with Crippen molar-refractivity contribution in [3.63, 3.8) is 0 Å². The lowest BCUT2D eigenvalue weighted by Crippen LogP contribution is -2.19. The van der Waals surface area contributed by atoms with Gasteiger partial charge in [0.15, 0.2) is 5.82 Å². The first-order chi connectivity index (χ1) is 20.5. The van der Waals surface area contributed by atoms with Gasteiger partial charge in [0.25, 0.3) is 11.4 Å². The number of nitrogens with one attached hydrogen (secondary N) is 2. The summed E-state index contributed by atoms with van der Waals surface area (Å²) in [5.41, 5.74) is 6.32. The van der Waals surface area contributed by atoms with Gasteiger partial charge in [0.05, 0.1) is 9.85 Å². The average Bonchev–Trinajstić information content (AvgIpc) is 3.60. The van der Waals surface area contributed by atoms with Crippen molar-refractivity contribution in [2.24, 2.45) is 0 Å². The zero-order valence-electron chi connectivity index (χ0n) is 24.9. The van der Waals surface area contributed by atoms with Gasteiger partial charge in [-0.05, 0) is 24.3 Å². The van der Waals surface area contributed by atoms with Crippen LogP contribution in [0.4, 0.5) is 33.4 Å². The third kappa shape index (κ3) is 11.1. The Bertz CT molecular complexity index is 1620. The summed E-state index contributed by atoms with van der Waals surface area (Å²) < 4.78 is 10.1. The molecule has 0 spiro atoms. The van der Waals surface area contributed by atoms with Crippen molar-refractivity contribution >= 4 is 34.6 Å². The van der Waals surface area contributed by atoms with Crippen molar-refractivity contribution in [1.82, 2.24) is 10.3 Å². The molecule has 0 aliphatic carbocycles. The maximum atomic E-state index is 11.8. The van der Waals surface area contributed by atoms with Gasteiger partial charge in [0.2, 0.25) is 5.69 Å². The van der Waals surface area contributed by atoms with E-state index in [9.17, 15) is 30.2 Å². The van der Waals surface area contributed by atoms with E-state index in [1.54, 1.807) is 12.1 Å². The van der Waals surface area contributed by atoms with Crippen LogP contribution in [0.15, 0.2) is 69.7 Å². The predicted molar refractivity (Wildman–Crippen MR) is 163 cm³/mol. The standard InChI is InChI=1S/C14H16N4O4.C8H10N2O2.C6H6N2O2/c1-14(2,3)11-8-12(17-22-11)16-13(19)15-9-4-6-10(7-5-9)18(20)21;1-8(2,3)7-4-6(5-9-11)10-12-7;7-5-1-3-6(4-2-5)8(9)10/h4-8H,1-3H3,(H2,15,16,17,19);4H,1-3H3;1-4H,7H2. The Hall–Kier alpha value is -5.98. The fourth-order valence-electron chi connectivity index (χ4n) is 2.96. The molecule has 4 N–H and O–H groups in total. The quantitative estimate of drug-likeness (QED) is 0.123. The number of urea groups is 1. The van der Waals surface area contributed by atoms with Crippen LogP contribution >= 0.6 is 0 Å². The topological polar surface area (TPSA) is 233 Å². The highest BCUT2D eigenvalue weighted by molar-refractivity contribution is 5.99. The lowest BCUT2D eigenvalue weighted by Gasteiger charge is -2.12. The molecule has 0 aliphatic rings. The largest absolute Gasteiger partial charge is 0.498 e. The second kappa shape index (κ2) is 14.8. The van der Waals surface area contributed by atoms with Crippen molar-refractivity contribution in [3.05, 3.63) is 108 Å². The van der Waals surface area contributed by atoms with Crippen LogP contribution < -0.4 is 16.4 Å². The molecule has 0 saturated carbocycles. The van der Waals surface area contributed by atoms with E-state index in [4.69, 9.17) is 14.8 Å². The monoisotopic (exact) mass is 608 g/mol.